The normalized spacial score (nSPS) is 13.1. The summed E-state index contributed by atoms with van der Waals surface area (Å²) in [6.45, 7) is 8.15. The Hall–Kier alpha value is -1.89. The number of hydrogen-bond donors (Lipinski definition) is 3. The van der Waals surface area contributed by atoms with E-state index in [0.717, 1.165) is 24.4 Å². The maximum atomic E-state index is 4.57. The Morgan fingerprint density at radius 1 is 1.29 bits per heavy atom. The van der Waals surface area contributed by atoms with Gasteiger partial charge in [-0.3, -0.25) is 0 Å². The summed E-state index contributed by atoms with van der Waals surface area (Å²) >= 11 is 0. The van der Waals surface area contributed by atoms with E-state index >= 15 is 0 Å². The Balaban J connectivity index is 2.32. The Bertz CT molecular complexity index is 576. The standard InChI is InChI=1S/C14H25N7/c1-6-15-14-19-12-11(16-8-17-12)13(20-14)18-10(9(2)3)7-21(4)5/h8-10H,6-7H2,1-5H3,(H3,15,16,17,18,19,20). The molecule has 21 heavy (non-hydrogen) atoms. The lowest BCUT2D eigenvalue weighted by atomic mass is 10.0. The first-order valence-electron chi connectivity index (χ1n) is 7.37. The zero-order valence-corrected chi connectivity index (χ0v) is 13.4. The minimum absolute atomic E-state index is 0.302. The molecule has 0 aromatic carbocycles. The molecular formula is C14H25N7. The van der Waals surface area contributed by atoms with E-state index < -0.39 is 0 Å². The van der Waals surface area contributed by atoms with E-state index in [4.69, 9.17) is 0 Å². The second-order valence-electron chi connectivity index (χ2n) is 5.78. The first kappa shape index (κ1) is 15.5. The van der Waals surface area contributed by atoms with Crippen LogP contribution < -0.4 is 10.6 Å². The fraction of sp³-hybridized carbons (Fsp3) is 0.643. The summed E-state index contributed by atoms with van der Waals surface area (Å²) < 4.78 is 0. The molecule has 3 N–H and O–H groups in total. The van der Waals surface area contributed by atoms with Crippen LogP contribution in [0.4, 0.5) is 11.8 Å². The second kappa shape index (κ2) is 6.71. The zero-order chi connectivity index (χ0) is 15.4. The summed E-state index contributed by atoms with van der Waals surface area (Å²) in [5, 5.41) is 6.68. The molecule has 7 heteroatoms. The molecular weight excluding hydrogens is 266 g/mol. The van der Waals surface area contributed by atoms with Crippen LogP contribution in [0.5, 0.6) is 0 Å². The molecule has 0 amide bonds. The predicted octanol–water partition coefficient (Wildman–Crippen LogP) is 1.78. The number of nitrogens with one attached hydrogen (secondary N) is 3. The molecule has 0 radical (unpaired) electrons. The molecule has 1 unspecified atom stereocenters. The van der Waals surface area contributed by atoms with Gasteiger partial charge in [0, 0.05) is 19.1 Å². The van der Waals surface area contributed by atoms with Crippen LogP contribution in [0, 0.1) is 5.92 Å². The highest BCUT2D eigenvalue weighted by molar-refractivity contribution is 5.83. The average Bonchev–Trinajstić information content (AvgIpc) is 2.86. The van der Waals surface area contributed by atoms with Crippen LogP contribution in [0.25, 0.3) is 11.2 Å². The Labute approximate surface area is 125 Å². The molecule has 116 valence electrons. The van der Waals surface area contributed by atoms with Crippen LogP contribution in [0.3, 0.4) is 0 Å². The van der Waals surface area contributed by atoms with E-state index in [0.29, 0.717) is 23.6 Å². The number of aromatic nitrogens is 4. The highest BCUT2D eigenvalue weighted by Gasteiger charge is 2.18. The molecule has 0 aliphatic carbocycles. The minimum Gasteiger partial charge on any atom is -0.364 e. The van der Waals surface area contributed by atoms with Crippen molar-refractivity contribution in [2.45, 2.75) is 26.8 Å². The highest BCUT2D eigenvalue weighted by Crippen LogP contribution is 2.21. The van der Waals surface area contributed by atoms with Crippen molar-refractivity contribution < 1.29 is 0 Å². The molecule has 2 aromatic rings. The van der Waals surface area contributed by atoms with Gasteiger partial charge in [-0.1, -0.05) is 13.8 Å². The fourth-order valence-corrected chi connectivity index (χ4v) is 2.17. The lowest BCUT2D eigenvalue weighted by Crippen LogP contribution is -2.36. The van der Waals surface area contributed by atoms with Crippen LogP contribution in [0.2, 0.25) is 0 Å². The van der Waals surface area contributed by atoms with Crippen molar-refractivity contribution >= 4 is 22.9 Å². The van der Waals surface area contributed by atoms with E-state index in [1.165, 1.54) is 0 Å². The van der Waals surface area contributed by atoms with Crippen LogP contribution in [-0.4, -0.2) is 58.1 Å². The van der Waals surface area contributed by atoms with Crippen LogP contribution in [0.1, 0.15) is 20.8 Å². The van der Waals surface area contributed by atoms with Gasteiger partial charge in [0.25, 0.3) is 0 Å². The maximum absolute atomic E-state index is 4.57. The summed E-state index contributed by atoms with van der Waals surface area (Å²) in [7, 11) is 4.15. The summed E-state index contributed by atoms with van der Waals surface area (Å²) in [5.74, 6) is 1.89. The molecule has 7 nitrogen and oxygen atoms in total. The number of rotatable bonds is 7. The number of imidazole rings is 1. The van der Waals surface area contributed by atoms with E-state index in [1.807, 2.05) is 6.92 Å². The Kier molecular flexibility index (Phi) is 4.95. The number of aromatic amines is 1. The van der Waals surface area contributed by atoms with Crippen LogP contribution in [0.15, 0.2) is 6.33 Å². The molecule has 0 bridgehead atoms. The zero-order valence-electron chi connectivity index (χ0n) is 13.4. The highest BCUT2D eigenvalue weighted by atomic mass is 15.2. The molecule has 0 aliphatic rings. The van der Waals surface area contributed by atoms with Gasteiger partial charge < -0.3 is 20.5 Å². The summed E-state index contributed by atoms with van der Waals surface area (Å²) in [6.07, 6.45) is 1.65. The number of anilines is 2. The van der Waals surface area contributed by atoms with Crippen molar-refractivity contribution in [1.29, 1.82) is 0 Å². The molecule has 0 aliphatic heterocycles. The number of hydrogen-bond acceptors (Lipinski definition) is 6. The van der Waals surface area contributed by atoms with Gasteiger partial charge in [-0.25, -0.2) is 4.98 Å². The molecule has 0 spiro atoms. The lowest BCUT2D eigenvalue weighted by Gasteiger charge is -2.26. The number of nitrogens with zero attached hydrogens (tertiary/aromatic N) is 4. The van der Waals surface area contributed by atoms with E-state index in [-0.39, 0.29) is 0 Å². The molecule has 2 aromatic heterocycles. The largest absolute Gasteiger partial charge is 0.364 e. The van der Waals surface area contributed by atoms with E-state index in [9.17, 15) is 0 Å². The SMILES string of the molecule is CCNc1nc(NC(CN(C)C)C(C)C)c2[nH]cnc2n1. The monoisotopic (exact) mass is 291 g/mol. The summed E-state index contributed by atoms with van der Waals surface area (Å²) in [5.41, 5.74) is 1.52. The minimum atomic E-state index is 0.302. The molecule has 2 heterocycles. The Morgan fingerprint density at radius 2 is 2.05 bits per heavy atom. The molecule has 2 rings (SSSR count). The van der Waals surface area contributed by atoms with Crippen molar-refractivity contribution in [2.24, 2.45) is 5.92 Å². The van der Waals surface area contributed by atoms with Gasteiger partial charge >= 0.3 is 0 Å². The number of likely N-dealkylation sites (N-methyl/N-ethyl adjacent to an activating group) is 1. The quantitative estimate of drug-likeness (QED) is 0.721. The van der Waals surface area contributed by atoms with Crippen molar-refractivity contribution in [3.8, 4) is 0 Å². The summed E-state index contributed by atoms with van der Waals surface area (Å²) in [6, 6.07) is 0.302. The van der Waals surface area contributed by atoms with Crippen LogP contribution in [-0.2, 0) is 0 Å². The predicted molar refractivity (Wildman–Crippen MR) is 86.7 cm³/mol. The average molecular weight is 291 g/mol. The van der Waals surface area contributed by atoms with Crippen molar-refractivity contribution in [2.75, 3.05) is 37.8 Å². The third kappa shape index (κ3) is 3.81. The first-order valence-corrected chi connectivity index (χ1v) is 7.37. The van der Waals surface area contributed by atoms with Gasteiger partial charge in [-0.15, -0.1) is 0 Å². The molecule has 0 saturated carbocycles. The van der Waals surface area contributed by atoms with Crippen LogP contribution >= 0.6 is 0 Å². The summed E-state index contributed by atoms with van der Waals surface area (Å²) in [4.78, 5) is 18.5. The second-order valence-corrected chi connectivity index (χ2v) is 5.78. The molecule has 1 atom stereocenters. The Morgan fingerprint density at radius 3 is 2.67 bits per heavy atom. The molecule has 0 fully saturated rings. The van der Waals surface area contributed by atoms with Gasteiger partial charge in [0.2, 0.25) is 5.95 Å². The smallest absolute Gasteiger partial charge is 0.226 e. The van der Waals surface area contributed by atoms with Gasteiger partial charge in [-0.05, 0) is 26.9 Å². The van der Waals surface area contributed by atoms with Crippen molar-refractivity contribution in [3.05, 3.63) is 6.33 Å². The van der Waals surface area contributed by atoms with Crippen molar-refractivity contribution in [3.63, 3.8) is 0 Å². The van der Waals surface area contributed by atoms with Gasteiger partial charge in [0.15, 0.2) is 11.5 Å². The van der Waals surface area contributed by atoms with Crippen molar-refractivity contribution in [1.82, 2.24) is 24.8 Å². The van der Waals surface area contributed by atoms with Gasteiger partial charge in [0.1, 0.15) is 5.52 Å². The topological polar surface area (TPSA) is 81.8 Å². The first-order chi connectivity index (χ1) is 10.0. The maximum Gasteiger partial charge on any atom is 0.226 e. The number of fused-ring (bicyclic) bond motifs is 1. The fourth-order valence-electron chi connectivity index (χ4n) is 2.17. The van der Waals surface area contributed by atoms with E-state index in [1.54, 1.807) is 6.33 Å². The van der Waals surface area contributed by atoms with Gasteiger partial charge in [0.05, 0.1) is 6.33 Å². The number of H-pyrrole nitrogens is 1. The van der Waals surface area contributed by atoms with Gasteiger partial charge in [-0.2, -0.15) is 9.97 Å². The third-order valence-electron chi connectivity index (χ3n) is 3.31. The molecule has 0 saturated heterocycles. The third-order valence-corrected chi connectivity index (χ3v) is 3.31. The van der Waals surface area contributed by atoms with E-state index in [2.05, 4.69) is 63.4 Å². The lowest BCUT2D eigenvalue weighted by molar-refractivity contribution is 0.344.